The molecular weight excluding hydrogens is 442 g/mol. The average Bonchev–Trinajstić information content (AvgIpc) is 3.23. The maximum absolute atomic E-state index is 13.0. The van der Waals surface area contributed by atoms with E-state index in [0.717, 1.165) is 20.8 Å². The highest BCUT2D eigenvalue weighted by molar-refractivity contribution is 7.89. The van der Waals surface area contributed by atoms with Crippen LogP contribution in [0.15, 0.2) is 77.7 Å². The van der Waals surface area contributed by atoms with E-state index in [-0.39, 0.29) is 22.4 Å². The van der Waals surface area contributed by atoms with Crippen molar-refractivity contribution in [3.05, 3.63) is 78.4 Å². The third-order valence-electron chi connectivity index (χ3n) is 5.20. The van der Waals surface area contributed by atoms with Gasteiger partial charge in [0.05, 0.1) is 20.8 Å². The van der Waals surface area contributed by atoms with Gasteiger partial charge in [0.2, 0.25) is 10.0 Å². The van der Waals surface area contributed by atoms with Crippen molar-refractivity contribution in [1.82, 2.24) is 9.29 Å². The summed E-state index contributed by atoms with van der Waals surface area (Å²) < 4.78 is 28.0. The molecular formula is C24H23N3O3S2. The number of rotatable bonds is 6. The molecule has 0 spiro atoms. The van der Waals surface area contributed by atoms with E-state index < -0.39 is 10.0 Å². The minimum atomic E-state index is -3.69. The minimum Gasteiger partial charge on any atom is -0.321 e. The summed E-state index contributed by atoms with van der Waals surface area (Å²) in [4.78, 5) is 17.8. The summed E-state index contributed by atoms with van der Waals surface area (Å²) in [6.07, 6.45) is 0. The number of sulfonamides is 1. The van der Waals surface area contributed by atoms with Gasteiger partial charge < -0.3 is 5.32 Å². The molecule has 0 bridgehead atoms. The molecule has 0 unspecified atom stereocenters. The number of fused-ring (bicyclic) bond motifs is 1. The number of hydrogen-bond acceptors (Lipinski definition) is 5. The van der Waals surface area contributed by atoms with Crippen LogP contribution in [0.1, 0.15) is 24.2 Å². The van der Waals surface area contributed by atoms with Crippen LogP contribution >= 0.6 is 11.3 Å². The van der Waals surface area contributed by atoms with Gasteiger partial charge in [0.15, 0.2) is 0 Å². The van der Waals surface area contributed by atoms with Gasteiger partial charge in [0.25, 0.3) is 5.91 Å². The first-order valence-electron chi connectivity index (χ1n) is 10.1. The van der Waals surface area contributed by atoms with Crippen molar-refractivity contribution < 1.29 is 13.2 Å². The third kappa shape index (κ3) is 4.29. The van der Waals surface area contributed by atoms with E-state index in [9.17, 15) is 13.2 Å². The zero-order chi connectivity index (χ0) is 22.9. The quantitative estimate of drug-likeness (QED) is 0.422. The van der Waals surface area contributed by atoms with Gasteiger partial charge in [-0.15, -0.1) is 11.3 Å². The van der Waals surface area contributed by atoms with Crippen molar-refractivity contribution in [3.63, 3.8) is 0 Å². The fourth-order valence-corrected chi connectivity index (χ4v) is 5.62. The van der Waals surface area contributed by atoms with Crippen LogP contribution in [0, 0.1) is 0 Å². The molecule has 0 aliphatic rings. The molecule has 32 heavy (non-hydrogen) atoms. The number of carbonyl (C=O) groups excluding carboxylic acids is 1. The first kappa shape index (κ1) is 22.1. The van der Waals surface area contributed by atoms with Gasteiger partial charge in [-0.05, 0) is 56.3 Å². The molecule has 4 rings (SSSR count). The SMILES string of the molecule is CC(C)N(C)S(=O)(=O)c1cccc(C(=O)Nc2ccccc2-c2nc3ccccc3s2)c1. The van der Waals surface area contributed by atoms with Crippen LogP contribution in [-0.2, 0) is 10.0 Å². The smallest absolute Gasteiger partial charge is 0.255 e. The molecule has 0 atom stereocenters. The van der Waals surface area contributed by atoms with Crippen molar-refractivity contribution >= 4 is 43.2 Å². The van der Waals surface area contributed by atoms with Gasteiger partial charge in [-0.1, -0.05) is 30.3 Å². The van der Waals surface area contributed by atoms with E-state index in [1.807, 2.05) is 48.5 Å². The molecule has 0 aliphatic carbocycles. The predicted molar refractivity (Wildman–Crippen MR) is 130 cm³/mol. The highest BCUT2D eigenvalue weighted by Gasteiger charge is 2.24. The molecule has 1 heterocycles. The molecule has 3 aromatic carbocycles. The van der Waals surface area contributed by atoms with Crippen LogP contribution in [0.4, 0.5) is 5.69 Å². The Hall–Kier alpha value is -3.07. The lowest BCUT2D eigenvalue weighted by Crippen LogP contribution is -2.33. The predicted octanol–water partition coefficient (Wildman–Crippen LogP) is 5.24. The maximum atomic E-state index is 13.0. The van der Waals surface area contributed by atoms with Crippen LogP contribution in [0.5, 0.6) is 0 Å². The minimum absolute atomic E-state index is 0.0841. The highest BCUT2D eigenvalue weighted by atomic mass is 32.2. The molecule has 0 saturated carbocycles. The maximum Gasteiger partial charge on any atom is 0.255 e. The van der Waals surface area contributed by atoms with Crippen molar-refractivity contribution in [3.8, 4) is 10.6 Å². The number of hydrogen-bond donors (Lipinski definition) is 1. The van der Waals surface area contributed by atoms with Gasteiger partial charge in [0.1, 0.15) is 5.01 Å². The second-order valence-corrected chi connectivity index (χ2v) is 10.7. The number of aromatic nitrogens is 1. The van der Waals surface area contributed by atoms with Crippen molar-refractivity contribution in [1.29, 1.82) is 0 Å². The fourth-order valence-electron chi connectivity index (χ4n) is 3.20. The number of nitrogens with zero attached hydrogens (tertiary/aromatic N) is 2. The number of benzene rings is 3. The summed E-state index contributed by atoms with van der Waals surface area (Å²) in [5.74, 6) is -0.386. The fraction of sp³-hybridized carbons (Fsp3) is 0.167. The summed E-state index contributed by atoms with van der Waals surface area (Å²) >= 11 is 1.55. The van der Waals surface area contributed by atoms with Crippen molar-refractivity contribution in [2.45, 2.75) is 24.8 Å². The Balaban J connectivity index is 1.65. The average molecular weight is 466 g/mol. The molecule has 1 amide bonds. The molecule has 164 valence electrons. The highest BCUT2D eigenvalue weighted by Crippen LogP contribution is 2.34. The summed E-state index contributed by atoms with van der Waals surface area (Å²) in [5, 5.41) is 3.72. The van der Waals surface area contributed by atoms with Gasteiger partial charge in [-0.25, -0.2) is 13.4 Å². The topological polar surface area (TPSA) is 79.4 Å². The number of nitrogens with one attached hydrogen (secondary N) is 1. The first-order chi connectivity index (χ1) is 15.3. The van der Waals surface area contributed by atoms with Gasteiger partial charge in [-0.3, -0.25) is 4.79 Å². The molecule has 6 nitrogen and oxygen atoms in total. The molecule has 0 radical (unpaired) electrons. The molecule has 0 aliphatic heterocycles. The number of para-hydroxylation sites is 2. The monoisotopic (exact) mass is 465 g/mol. The van der Waals surface area contributed by atoms with E-state index in [1.165, 1.54) is 23.5 Å². The second kappa shape index (κ2) is 8.82. The molecule has 1 N–H and O–H groups in total. The number of thiazole rings is 1. The zero-order valence-corrected chi connectivity index (χ0v) is 19.6. The largest absolute Gasteiger partial charge is 0.321 e. The van der Waals surface area contributed by atoms with Gasteiger partial charge in [0, 0.05) is 24.2 Å². The Morgan fingerprint density at radius 1 is 1.00 bits per heavy atom. The van der Waals surface area contributed by atoms with Crippen molar-refractivity contribution in [2.24, 2.45) is 0 Å². The van der Waals surface area contributed by atoms with Crippen LogP contribution in [-0.4, -0.2) is 36.7 Å². The molecule has 0 saturated heterocycles. The van der Waals surface area contributed by atoms with Gasteiger partial charge >= 0.3 is 0 Å². The lowest BCUT2D eigenvalue weighted by Gasteiger charge is -2.21. The summed E-state index contributed by atoms with van der Waals surface area (Å²) in [7, 11) is -2.16. The molecule has 4 aromatic rings. The Kier molecular flexibility index (Phi) is 6.10. The van der Waals surface area contributed by atoms with E-state index in [4.69, 9.17) is 0 Å². The lowest BCUT2D eigenvalue weighted by molar-refractivity contribution is 0.102. The van der Waals surface area contributed by atoms with Gasteiger partial charge in [-0.2, -0.15) is 4.31 Å². The summed E-state index contributed by atoms with van der Waals surface area (Å²) in [5.41, 5.74) is 2.60. The van der Waals surface area contributed by atoms with E-state index in [1.54, 1.807) is 37.3 Å². The molecule has 0 fully saturated rings. The molecule has 8 heteroatoms. The van der Waals surface area contributed by atoms with Crippen LogP contribution in [0.2, 0.25) is 0 Å². The number of amides is 1. The van der Waals surface area contributed by atoms with E-state index in [0.29, 0.717) is 5.69 Å². The Bertz CT molecular complexity index is 1360. The van der Waals surface area contributed by atoms with E-state index in [2.05, 4.69) is 10.3 Å². The number of anilines is 1. The summed E-state index contributed by atoms with van der Waals surface area (Å²) in [6, 6.07) is 21.2. The Labute approximate surface area is 191 Å². The molecule has 1 aromatic heterocycles. The van der Waals surface area contributed by atoms with Crippen LogP contribution in [0.25, 0.3) is 20.8 Å². The third-order valence-corrected chi connectivity index (χ3v) is 8.30. The van der Waals surface area contributed by atoms with E-state index >= 15 is 0 Å². The Morgan fingerprint density at radius 3 is 2.47 bits per heavy atom. The number of carbonyl (C=O) groups is 1. The standard InChI is InChI=1S/C24H23N3O3S2/c1-16(2)27(3)32(29,30)18-10-8-9-17(15-18)23(28)25-20-12-5-4-11-19(20)24-26-21-13-6-7-14-22(21)31-24/h4-16H,1-3H3,(H,25,28). The lowest BCUT2D eigenvalue weighted by atomic mass is 10.1. The van der Waals surface area contributed by atoms with Crippen molar-refractivity contribution in [2.75, 3.05) is 12.4 Å². The second-order valence-electron chi connectivity index (χ2n) is 7.63. The van der Waals surface area contributed by atoms with Crippen LogP contribution in [0.3, 0.4) is 0 Å². The zero-order valence-electron chi connectivity index (χ0n) is 17.9. The van der Waals surface area contributed by atoms with Crippen LogP contribution < -0.4 is 5.32 Å². The summed E-state index contributed by atoms with van der Waals surface area (Å²) in [6.45, 7) is 3.60. The Morgan fingerprint density at radius 2 is 1.72 bits per heavy atom. The first-order valence-corrected chi connectivity index (χ1v) is 12.4. The normalized spacial score (nSPS) is 11.9.